The van der Waals surface area contributed by atoms with Gasteiger partial charge in [0.05, 0.1) is 7.11 Å². The second kappa shape index (κ2) is 8.90. The van der Waals surface area contributed by atoms with Crippen LogP contribution in [-0.2, 0) is 11.3 Å². The molecule has 144 valence electrons. The number of hydrogen-bond acceptors (Lipinski definition) is 3. The van der Waals surface area contributed by atoms with Gasteiger partial charge < -0.3 is 9.64 Å². The highest BCUT2D eigenvalue weighted by atomic mass is 16.5. The van der Waals surface area contributed by atoms with Crippen molar-refractivity contribution in [2.45, 2.75) is 46.1 Å². The van der Waals surface area contributed by atoms with Gasteiger partial charge in [0, 0.05) is 31.1 Å². The van der Waals surface area contributed by atoms with Crippen LogP contribution in [0, 0.1) is 17.8 Å². The summed E-state index contributed by atoms with van der Waals surface area (Å²) in [5, 5.41) is 0. The fraction of sp³-hybridized carbons (Fsp3) is 0.682. The Morgan fingerprint density at radius 2 is 1.88 bits per heavy atom. The van der Waals surface area contributed by atoms with Gasteiger partial charge in [0.1, 0.15) is 5.75 Å². The number of nitrogens with zero attached hydrogens (tertiary/aromatic N) is 2. The summed E-state index contributed by atoms with van der Waals surface area (Å²) in [5.41, 5.74) is 1.26. The molecular weight excluding hydrogens is 324 g/mol. The molecule has 0 spiro atoms. The molecule has 1 aromatic rings. The first-order valence-electron chi connectivity index (χ1n) is 10.2. The minimum atomic E-state index is 0.333. The molecule has 1 amide bonds. The highest BCUT2D eigenvalue weighted by Crippen LogP contribution is 2.32. The molecule has 0 aromatic heterocycles. The van der Waals surface area contributed by atoms with Crippen molar-refractivity contribution in [3.63, 3.8) is 0 Å². The molecule has 26 heavy (non-hydrogen) atoms. The van der Waals surface area contributed by atoms with Gasteiger partial charge in [-0.1, -0.05) is 32.0 Å². The molecular formula is C22H34N2O2. The van der Waals surface area contributed by atoms with Crippen molar-refractivity contribution in [1.29, 1.82) is 0 Å². The predicted molar refractivity (Wildman–Crippen MR) is 105 cm³/mol. The van der Waals surface area contributed by atoms with Crippen molar-refractivity contribution in [3.8, 4) is 5.75 Å². The summed E-state index contributed by atoms with van der Waals surface area (Å²) in [4.78, 5) is 17.3. The number of likely N-dealkylation sites (tertiary alicyclic amines) is 1. The summed E-state index contributed by atoms with van der Waals surface area (Å²) in [5.74, 6) is 2.91. The molecule has 2 aliphatic rings. The zero-order valence-corrected chi connectivity index (χ0v) is 16.6. The van der Waals surface area contributed by atoms with Gasteiger partial charge in [-0.2, -0.15) is 0 Å². The Bertz CT molecular complexity index is 590. The number of methoxy groups -OCH3 is 1. The standard InChI is InChI=1S/C22H34N2O2/c1-17(2)14-24(22(25)19-8-9-19)15-18-10-12-23(13-11-18)16-20-6-4-5-7-21(20)26-3/h4-7,17-19H,8-16H2,1-3H3. The lowest BCUT2D eigenvalue weighted by Crippen LogP contribution is -2.42. The van der Waals surface area contributed by atoms with Crippen molar-refractivity contribution in [3.05, 3.63) is 29.8 Å². The van der Waals surface area contributed by atoms with E-state index in [1.807, 2.05) is 12.1 Å². The van der Waals surface area contributed by atoms with Crippen LogP contribution in [-0.4, -0.2) is 49.0 Å². The Balaban J connectivity index is 1.50. The van der Waals surface area contributed by atoms with Gasteiger partial charge in [-0.3, -0.25) is 9.69 Å². The van der Waals surface area contributed by atoms with E-state index in [1.165, 1.54) is 18.4 Å². The maximum Gasteiger partial charge on any atom is 0.225 e. The molecule has 0 bridgehead atoms. The lowest BCUT2D eigenvalue weighted by Gasteiger charge is -2.35. The lowest BCUT2D eigenvalue weighted by atomic mass is 9.95. The Kier molecular flexibility index (Phi) is 6.58. The van der Waals surface area contributed by atoms with E-state index in [0.29, 0.717) is 23.7 Å². The molecule has 0 radical (unpaired) electrons. The van der Waals surface area contributed by atoms with E-state index in [2.05, 4.69) is 35.8 Å². The smallest absolute Gasteiger partial charge is 0.225 e. The molecule has 1 aliphatic heterocycles. The molecule has 0 N–H and O–H groups in total. The van der Waals surface area contributed by atoms with Crippen molar-refractivity contribution in [1.82, 2.24) is 9.80 Å². The Morgan fingerprint density at radius 3 is 2.50 bits per heavy atom. The Hall–Kier alpha value is -1.55. The average Bonchev–Trinajstić information content (AvgIpc) is 3.47. The van der Waals surface area contributed by atoms with Gasteiger partial charge in [0.25, 0.3) is 0 Å². The van der Waals surface area contributed by atoms with Crippen LogP contribution < -0.4 is 4.74 Å². The van der Waals surface area contributed by atoms with Gasteiger partial charge >= 0.3 is 0 Å². The van der Waals surface area contributed by atoms with Gasteiger partial charge in [0.15, 0.2) is 0 Å². The topological polar surface area (TPSA) is 32.8 Å². The van der Waals surface area contributed by atoms with Crippen LogP contribution in [0.5, 0.6) is 5.75 Å². The molecule has 1 heterocycles. The maximum atomic E-state index is 12.6. The van der Waals surface area contributed by atoms with E-state index in [-0.39, 0.29) is 0 Å². The van der Waals surface area contributed by atoms with Crippen LogP contribution in [0.3, 0.4) is 0 Å². The van der Waals surface area contributed by atoms with Gasteiger partial charge in [-0.05, 0) is 56.7 Å². The third kappa shape index (κ3) is 5.23. The SMILES string of the molecule is COc1ccccc1CN1CCC(CN(CC(C)C)C(=O)C2CC2)CC1. The second-order valence-electron chi connectivity index (χ2n) is 8.44. The van der Waals surface area contributed by atoms with E-state index in [0.717, 1.165) is 51.3 Å². The second-order valence-corrected chi connectivity index (χ2v) is 8.44. The molecule has 2 fully saturated rings. The summed E-state index contributed by atoms with van der Waals surface area (Å²) in [6.45, 7) is 9.46. The van der Waals surface area contributed by atoms with E-state index in [4.69, 9.17) is 4.74 Å². The van der Waals surface area contributed by atoms with Crippen LogP contribution in [0.25, 0.3) is 0 Å². The number of benzene rings is 1. The van der Waals surface area contributed by atoms with Crippen molar-refractivity contribution < 1.29 is 9.53 Å². The van der Waals surface area contributed by atoms with Crippen LogP contribution in [0.4, 0.5) is 0 Å². The summed E-state index contributed by atoms with van der Waals surface area (Å²) >= 11 is 0. The third-order valence-electron chi connectivity index (χ3n) is 5.60. The molecule has 1 saturated carbocycles. The van der Waals surface area contributed by atoms with Crippen LogP contribution in [0.15, 0.2) is 24.3 Å². The molecule has 1 aliphatic carbocycles. The normalized spacial score (nSPS) is 18.9. The molecule has 0 atom stereocenters. The molecule has 1 aromatic carbocycles. The highest BCUT2D eigenvalue weighted by molar-refractivity contribution is 5.81. The third-order valence-corrected chi connectivity index (χ3v) is 5.60. The first-order chi connectivity index (χ1) is 12.6. The van der Waals surface area contributed by atoms with Gasteiger partial charge in [-0.25, -0.2) is 0 Å². The molecule has 0 unspecified atom stereocenters. The van der Waals surface area contributed by atoms with E-state index < -0.39 is 0 Å². The number of para-hydroxylation sites is 1. The van der Waals surface area contributed by atoms with Crippen LogP contribution >= 0.6 is 0 Å². The molecule has 4 heteroatoms. The number of hydrogen-bond donors (Lipinski definition) is 0. The van der Waals surface area contributed by atoms with Crippen LogP contribution in [0.1, 0.15) is 45.1 Å². The number of carbonyl (C=O) groups excluding carboxylic acids is 1. The minimum Gasteiger partial charge on any atom is -0.496 e. The minimum absolute atomic E-state index is 0.333. The maximum absolute atomic E-state index is 12.6. The lowest BCUT2D eigenvalue weighted by molar-refractivity contribution is -0.134. The summed E-state index contributed by atoms with van der Waals surface area (Å²) in [6, 6.07) is 8.30. The fourth-order valence-corrected chi connectivity index (χ4v) is 4.00. The molecule has 1 saturated heterocycles. The largest absolute Gasteiger partial charge is 0.496 e. The molecule has 3 rings (SSSR count). The Labute approximate surface area is 158 Å². The zero-order chi connectivity index (χ0) is 18.5. The number of piperidine rings is 1. The van der Waals surface area contributed by atoms with E-state index in [9.17, 15) is 4.79 Å². The van der Waals surface area contributed by atoms with Crippen molar-refractivity contribution in [2.24, 2.45) is 17.8 Å². The highest BCUT2D eigenvalue weighted by Gasteiger charge is 2.34. The Morgan fingerprint density at radius 1 is 1.19 bits per heavy atom. The summed E-state index contributed by atoms with van der Waals surface area (Å²) in [7, 11) is 1.74. The number of amides is 1. The average molecular weight is 359 g/mol. The van der Waals surface area contributed by atoms with Crippen molar-refractivity contribution in [2.75, 3.05) is 33.3 Å². The first-order valence-corrected chi connectivity index (χ1v) is 10.2. The van der Waals surface area contributed by atoms with Crippen LogP contribution in [0.2, 0.25) is 0 Å². The summed E-state index contributed by atoms with van der Waals surface area (Å²) < 4.78 is 5.48. The van der Waals surface area contributed by atoms with E-state index in [1.54, 1.807) is 7.11 Å². The fourth-order valence-electron chi connectivity index (χ4n) is 4.00. The number of ether oxygens (including phenoxy) is 1. The van der Waals surface area contributed by atoms with Gasteiger partial charge in [-0.15, -0.1) is 0 Å². The predicted octanol–water partition coefficient (Wildman–Crippen LogP) is 3.80. The molecule has 4 nitrogen and oxygen atoms in total. The zero-order valence-electron chi connectivity index (χ0n) is 16.6. The summed E-state index contributed by atoms with van der Waals surface area (Å²) in [6.07, 6.45) is 4.57. The monoisotopic (exact) mass is 358 g/mol. The number of rotatable bonds is 8. The van der Waals surface area contributed by atoms with E-state index >= 15 is 0 Å². The van der Waals surface area contributed by atoms with Crippen molar-refractivity contribution >= 4 is 5.91 Å². The quantitative estimate of drug-likeness (QED) is 0.708. The number of carbonyl (C=O) groups is 1. The first kappa shape index (κ1) is 19.2. The van der Waals surface area contributed by atoms with Gasteiger partial charge in [0.2, 0.25) is 5.91 Å².